The fourth-order valence-corrected chi connectivity index (χ4v) is 4.55. The van der Waals surface area contributed by atoms with Crippen molar-refractivity contribution in [2.45, 2.75) is 18.9 Å². The molecule has 136 valence electrons. The predicted molar refractivity (Wildman–Crippen MR) is 88.1 cm³/mol. The lowest BCUT2D eigenvalue weighted by molar-refractivity contribution is -0.150. The van der Waals surface area contributed by atoms with Crippen molar-refractivity contribution in [2.75, 3.05) is 24.7 Å². The molecule has 1 aliphatic heterocycles. The van der Waals surface area contributed by atoms with Crippen LogP contribution in [0.15, 0.2) is 24.3 Å². The van der Waals surface area contributed by atoms with Gasteiger partial charge < -0.3 is 14.8 Å². The summed E-state index contributed by atoms with van der Waals surface area (Å²) < 4.78 is 32.9. The van der Waals surface area contributed by atoms with Crippen LogP contribution in [0.4, 0.5) is 0 Å². The van der Waals surface area contributed by atoms with Gasteiger partial charge in [0.05, 0.1) is 17.0 Å². The minimum absolute atomic E-state index is 0.0281. The van der Waals surface area contributed by atoms with E-state index < -0.39 is 33.9 Å². The monoisotopic (exact) mass is 369 g/mol. The number of benzene rings is 1. The fourth-order valence-electron chi connectivity index (χ4n) is 2.45. The highest BCUT2D eigenvalue weighted by atomic mass is 32.2. The molecular formula is C16H19NO7S. The van der Waals surface area contributed by atoms with Crippen LogP contribution in [0.5, 0.6) is 5.75 Å². The molecule has 1 fully saturated rings. The highest BCUT2D eigenvalue weighted by molar-refractivity contribution is 7.91. The summed E-state index contributed by atoms with van der Waals surface area (Å²) in [5, 5.41) is 2.58. The maximum atomic E-state index is 11.8. The van der Waals surface area contributed by atoms with E-state index in [1.807, 2.05) is 0 Å². The van der Waals surface area contributed by atoms with Gasteiger partial charge in [-0.25, -0.2) is 13.2 Å². The number of rotatable bonds is 7. The van der Waals surface area contributed by atoms with E-state index in [1.54, 1.807) is 6.92 Å². The van der Waals surface area contributed by atoms with Crippen molar-refractivity contribution in [3.05, 3.63) is 29.8 Å². The maximum absolute atomic E-state index is 11.8. The van der Waals surface area contributed by atoms with Crippen molar-refractivity contribution in [3.8, 4) is 5.75 Å². The van der Waals surface area contributed by atoms with Gasteiger partial charge in [-0.05, 0) is 37.6 Å². The molecule has 1 N–H and O–H groups in total. The Balaban J connectivity index is 1.72. The van der Waals surface area contributed by atoms with Gasteiger partial charge in [0.15, 0.2) is 23.1 Å². The third-order valence-corrected chi connectivity index (χ3v) is 5.58. The van der Waals surface area contributed by atoms with Crippen molar-refractivity contribution in [3.63, 3.8) is 0 Å². The number of aldehydes is 1. The van der Waals surface area contributed by atoms with E-state index in [0.29, 0.717) is 24.0 Å². The van der Waals surface area contributed by atoms with E-state index in [0.717, 1.165) is 0 Å². The third kappa shape index (κ3) is 5.86. The molecular weight excluding hydrogens is 350 g/mol. The van der Waals surface area contributed by atoms with Gasteiger partial charge in [0.25, 0.3) is 5.91 Å². The van der Waals surface area contributed by atoms with Crippen LogP contribution in [-0.4, -0.2) is 56.8 Å². The summed E-state index contributed by atoms with van der Waals surface area (Å²) in [4.78, 5) is 33.9. The van der Waals surface area contributed by atoms with Gasteiger partial charge in [0, 0.05) is 5.56 Å². The van der Waals surface area contributed by atoms with Gasteiger partial charge in [-0.3, -0.25) is 9.59 Å². The Kier molecular flexibility index (Phi) is 5.78. The average Bonchev–Trinajstić information content (AvgIpc) is 2.84. The summed E-state index contributed by atoms with van der Waals surface area (Å²) in [5.74, 6) is -1.02. The van der Waals surface area contributed by atoms with Gasteiger partial charge in [-0.2, -0.15) is 0 Å². The van der Waals surface area contributed by atoms with E-state index >= 15 is 0 Å². The molecule has 0 bridgehead atoms. The minimum atomic E-state index is -3.14. The van der Waals surface area contributed by atoms with Crippen molar-refractivity contribution < 1.29 is 32.3 Å². The summed E-state index contributed by atoms with van der Waals surface area (Å²) in [6, 6.07) is 6.14. The van der Waals surface area contributed by atoms with Crippen LogP contribution < -0.4 is 10.1 Å². The number of hydrogen-bond donors (Lipinski definition) is 1. The van der Waals surface area contributed by atoms with E-state index in [1.165, 1.54) is 24.3 Å². The summed E-state index contributed by atoms with van der Waals surface area (Å²) in [5.41, 5.74) is -0.354. The van der Waals surface area contributed by atoms with Gasteiger partial charge in [0.1, 0.15) is 12.0 Å². The van der Waals surface area contributed by atoms with Gasteiger partial charge in [-0.1, -0.05) is 0 Å². The second-order valence-electron chi connectivity index (χ2n) is 6.09. The van der Waals surface area contributed by atoms with Crippen LogP contribution in [0.2, 0.25) is 0 Å². The Bertz CT molecular complexity index is 757. The largest absolute Gasteiger partial charge is 0.482 e. The van der Waals surface area contributed by atoms with Gasteiger partial charge >= 0.3 is 5.97 Å². The first kappa shape index (κ1) is 18.9. The first-order valence-electron chi connectivity index (χ1n) is 7.56. The van der Waals surface area contributed by atoms with Gasteiger partial charge in [-0.15, -0.1) is 0 Å². The van der Waals surface area contributed by atoms with Crippen LogP contribution in [0.25, 0.3) is 0 Å². The van der Waals surface area contributed by atoms with Crippen molar-refractivity contribution in [1.82, 2.24) is 5.32 Å². The lowest BCUT2D eigenvalue weighted by Crippen LogP contribution is -2.48. The molecule has 1 amide bonds. The zero-order valence-corrected chi connectivity index (χ0v) is 14.5. The number of carbonyl (C=O) groups is 3. The minimum Gasteiger partial charge on any atom is -0.482 e. The van der Waals surface area contributed by atoms with Crippen LogP contribution in [-0.2, 0) is 24.2 Å². The number of esters is 1. The van der Waals surface area contributed by atoms with E-state index in [9.17, 15) is 22.8 Å². The highest BCUT2D eigenvalue weighted by Gasteiger charge is 2.39. The zero-order valence-electron chi connectivity index (χ0n) is 13.7. The first-order chi connectivity index (χ1) is 11.7. The number of nitrogens with one attached hydrogen (secondary N) is 1. The standard InChI is InChI=1S/C16H19NO7S/c1-16(6-7-25(21,22)11-16)17-14(19)9-24-15(20)10-23-13-4-2-12(8-18)3-5-13/h2-5,8H,6-7,9-11H2,1H3,(H,17,19)/t16-/m0/s1. The zero-order chi connectivity index (χ0) is 18.5. The second-order valence-corrected chi connectivity index (χ2v) is 8.27. The van der Waals surface area contributed by atoms with Gasteiger partial charge in [0.2, 0.25) is 0 Å². The summed E-state index contributed by atoms with van der Waals surface area (Å²) >= 11 is 0. The first-order valence-corrected chi connectivity index (χ1v) is 9.39. The second kappa shape index (κ2) is 7.64. The molecule has 1 aliphatic rings. The summed E-state index contributed by atoms with van der Waals surface area (Å²) in [6.07, 6.45) is 1.02. The normalized spacial score (nSPS) is 21.3. The van der Waals surface area contributed by atoms with E-state index in [-0.39, 0.29) is 18.1 Å². The summed E-state index contributed by atoms with van der Waals surface area (Å²) in [7, 11) is -3.14. The molecule has 0 spiro atoms. The highest BCUT2D eigenvalue weighted by Crippen LogP contribution is 2.22. The molecule has 2 rings (SSSR count). The van der Waals surface area contributed by atoms with Crippen LogP contribution in [0.1, 0.15) is 23.7 Å². The van der Waals surface area contributed by atoms with Crippen molar-refractivity contribution >= 4 is 28.0 Å². The molecule has 1 atom stereocenters. The van der Waals surface area contributed by atoms with Crippen LogP contribution in [0, 0.1) is 0 Å². The SMILES string of the molecule is C[C@]1(NC(=O)COC(=O)COc2ccc(C=O)cc2)CCS(=O)(=O)C1. The lowest BCUT2D eigenvalue weighted by Gasteiger charge is -2.23. The van der Waals surface area contributed by atoms with Crippen molar-refractivity contribution in [1.29, 1.82) is 0 Å². The summed E-state index contributed by atoms with van der Waals surface area (Å²) in [6.45, 7) is 0.741. The Morgan fingerprint density at radius 2 is 1.92 bits per heavy atom. The molecule has 8 nitrogen and oxygen atoms in total. The van der Waals surface area contributed by atoms with Crippen LogP contribution >= 0.6 is 0 Å². The van der Waals surface area contributed by atoms with Crippen LogP contribution in [0.3, 0.4) is 0 Å². The molecule has 1 saturated heterocycles. The average molecular weight is 369 g/mol. The Hall–Kier alpha value is -2.42. The smallest absolute Gasteiger partial charge is 0.344 e. The Morgan fingerprint density at radius 1 is 1.24 bits per heavy atom. The number of hydrogen-bond acceptors (Lipinski definition) is 7. The molecule has 1 aromatic rings. The molecule has 0 aliphatic carbocycles. The number of carbonyl (C=O) groups excluding carboxylic acids is 3. The number of ether oxygens (including phenoxy) is 2. The molecule has 0 saturated carbocycles. The topological polar surface area (TPSA) is 116 Å². The molecule has 0 radical (unpaired) electrons. The quantitative estimate of drug-likeness (QED) is 0.536. The number of sulfone groups is 1. The molecule has 1 heterocycles. The molecule has 0 unspecified atom stereocenters. The molecule has 25 heavy (non-hydrogen) atoms. The Morgan fingerprint density at radius 3 is 2.48 bits per heavy atom. The fraction of sp³-hybridized carbons (Fsp3) is 0.438. The Labute approximate surface area is 145 Å². The van der Waals surface area contributed by atoms with Crippen molar-refractivity contribution in [2.24, 2.45) is 0 Å². The third-order valence-electron chi connectivity index (χ3n) is 3.68. The lowest BCUT2D eigenvalue weighted by atomic mass is 10.0. The predicted octanol–water partition coefficient (Wildman–Crippen LogP) is 0.114. The van der Waals surface area contributed by atoms with E-state index in [2.05, 4.69) is 5.32 Å². The van der Waals surface area contributed by atoms with E-state index in [4.69, 9.17) is 9.47 Å². The maximum Gasteiger partial charge on any atom is 0.344 e. The number of amides is 1. The molecule has 0 aromatic heterocycles. The molecule has 9 heteroatoms. The molecule has 1 aromatic carbocycles.